The first-order chi connectivity index (χ1) is 6.99. The Hall–Kier alpha value is -0.870. The maximum Gasteiger partial charge on any atom is 0.117 e. The second kappa shape index (κ2) is 5.28. The number of nitrogens with one attached hydrogen (secondary N) is 1. The quantitative estimate of drug-likeness (QED) is 0.735. The molecular weight excluding hydrogens is 254 g/mol. The molecule has 1 rings (SSSR count). The number of hydrogen-bond donors (Lipinski definition) is 3. The zero-order valence-corrected chi connectivity index (χ0v) is 10.1. The van der Waals surface area contributed by atoms with Crippen molar-refractivity contribution in [1.29, 1.82) is 5.41 Å². The van der Waals surface area contributed by atoms with E-state index in [0.717, 1.165) is 4.47 Å². The van der Waals surface area contributed by atoms with E-state index in [1.807, 2.05) is 0 Å². The van der Waals surface area contributed by atoms with Gasteiger partial charge >= 0.3 is 0 Å². The van der Waals surface area contributed by atoms with Crippen molar-refractivity contribution in [2.24, 2.45) is 0 Å². The largest absolute Gasteiger partial charge is 0.508 e. The molecule has 0 bridgehead atoms. The summed E-state index contributed by atoms with van der Waals surface area (Å²) < 4.78 is 0.739. The van der Waals surface area contributed by atoms with E-state index < -0.39 is 6.10 Å². The summed E-state index contributed by atoms with van der Waals surface area (Å²) in [5, 5.41) is 26.4. The molecule has 0 heterocycles. The molecule has 0 radical (unpaired) electrons. The van der Waals surface area contributed by atoms with Crippen molar-refractivity contribution in [2.45, 2.75) is 25.9 Å². The summed E-state index contributed by atoms with van der Waals surface area (Å²) in [6.45, 7) is 1.71. The smallest absolute Gasteiger partial charge is 0.117 e. The Labute approximate surface area is 97.4 Å². The van der Waals surface area contributed by atoms with Gasteiger partial charge in [0.1, 0.15) is 5.75 Å². The fraction of sp³-hybridized carbons (Fsp3) is 0.364. The number of benzene rings is 1. The van der Waals surface area contributed by atoms with Crippen LogP contribution in [-0.4, -0.2) is 15.9 Å². The molecule has 0 saturated carbocycles. The zero-order valence-electron chi connectivity index (χ0n) is 8.50. The molecule has 0 unspecified atom stereocenters. The van der Waals surface area contributed by atoms with E-state index in [1.54, 1.807) is 19.1 Å². The first-order valence-electron chi connectivity index (χ1n) is 4.70. The van der Waals surface area contributed by atoms with Crippen LogP contribution in [0, 0.1) is 5.41 Å². The molecule has 0 aliphatic heterocycles. The molecule has 3 N–H and O–H groups in total. The molecule has 0 fully saturated rings. The molecule has 1 aromatic carbocycles. The first kappa shape index (κ1) is 12.2. The Morgan fingerprint density at radius 3 is 2.67 bits per heavy atom. The normalized spacial score (nSPS) is 12.5. The van der Waals surface area contributed by atoms with Crippen LogP contribution in [0.3, 0.4) is 0 Å². The zero-order chi connectivity index (χ0) is 11.4. The maximum absolute atomic E-state index is 9.79. The van der Waals surface area contributed by atoms with Gasteiger partial charge in [0.05, 0.1) is 6.10 Å². The molecule has 0 spiro atoms. The van der Waals surface area contributed by atoms with Gasteiger partial charge in [-0.2, -0.15) is 0 Å². The summed E-state index contributed by atoms with van der Waals surface area (Å²) in [5.41, 5.74) is 1.22. The number of phenolic OH excluding ortho intramolecular Hbond substituents is 1. The first-order valence-corrected chi connectivity index (χ1v) is 5.50. The van der Waals surface area contributed by atoms with Gasteiger partial charge < -0.3 is 15.6 Å². The summed E-state index contributed by atoms with van der Waals surface area (Å²) in [5.74, 6) is 0.130. The molecule has 0 aromatic heterocycles. The van der Waals surface area contributed by atoms with Crippen LogP contribution in [0.4, 0.5) is 0 Å². The molecule has 0 amide bonds. The minimum absolute atomic E-state index is 0.130. The highest BCUT2D eigenvalue weighted by atomic mass is 75.9. The van der Waals surface area contributed by atoms with E-state index in [1.165, 1.54) is 6.07 Å². The molecule has 15 heavy (non-hydrogen) atoms. The minimum atomic E-state index is -0.631. The van der Waals surface area contributed by atoms with E-state index in [9.17, 15) is 10.2 Å². The third-order valence-electron chi connectivity index (χ3n) is 2.08. The van der Waals surface area contributed by atoms with Crippen molar-refractivity contribution in [3.8, 4) is 5.75 Å². The Morgan fingerprint density at radius 1 is 1.47 bits per heavy atom. The molecule has 0 saturated heterocycles. The standard InChI is InChI=1S/C11H14BrNO2/c1-7(13)2-3-11(15)8-4-9(12)6-10(14)5-8/h4-6,11,13-15H,2-3H2,1H3/t11-/m0/s1/i12-4. The summed E-state index contributed by atoms with van der Waals surface area (Å²) in [7, 11) is 0. The summed E-state index contributed by atoms with van der Waals surface area (Å²) in [6.07, 6.45) is 0.438. The molecule has 1 aromatic rings. The van der Waals surface area contributed by atoms with E-state index in [0.29, 0.717) is 24.1 Å². The number of phenols is 1. The number of hydrogen-bond acceptors (Lipinski definition) is 3. The van der Waals surface area contributed by atoms with Crippen molar-refractivity contribution >= 4 is 21.6 Å². The molecule has 0 aliphatic rings. The van der Waals surface area contributed by atoms with Crippen molar-refractivity contribution in [3.05, 3.63) is 28.2 Å². The monoisotopic (exact) mass is 268 g/mol. The predicted molar refractivity (Wildman–Crippen MR) is 63.4 cm³/mol. The highest BCUT2D eigenvalue weighted by Crippen LogP contribution is 2.26. The van der Waals surface area contributed by atoms with Crippen LogP contribution in [0.15, 0.2) is 22.7 Å². The van der Waals surface area contributed by atoms with Crippen LogP contribution in [0.25, 0.3) is 0 Å². The van der Waals surface area contributed by atoms with Gasteiger partial charge in [-0.15, -0.1) is 0 Å². The maximum atomic E-state index is 9.79. The van der Waals surface area contributed by atoms with E-state index in [4.69, 9.17) is 5.41 Å². The summed E-state index contributed by atoms with van der Waals surface area (Å²) in [4.78, 5) is 0. The second-order valence-corrected chi connectivity index (χ2v) is 4.49. The average molecular weight is 268 g/mol. The third-order valence-corrected chi connectivity index (χ3v) is 2.54. The topological polar surface area (TPSA) is 64.3 Å². The number of rotatable bonds is 4. The average Bonchev–Trinajstić information content (AvgIpc) is 2.12. The molecule has 4 heteroatoms. The van der Waals surface area contributed by atoms with Crippen molar-refractivity contribution in [3.63, 3.8) is 0 Å². The molecular formula is C11H14BrNO2. The van der Waals surface area contributed by atoms with Gasteiger partial charge in [0.25, 0.3) is 0 Å². The van der Waals surface area contributed by atoms with Crippen molar-refractivity contribution in [2.75, 3.05) is 0 Å². The Balaban J connectivity index is 2.72. The minimum Gasteiger partial charge on any atom is -0.508 e. The van der Waals surface area contributed by atoms with Crippen molar-refractivity contribution < 1.29 is 10.2 Å². The lowest BCUT2D eigenvalue weighted by molar-refractivity contribution is 0.169. The van der Waals surface area contributed by atoms with Crippen LogP contribution in [0.5, 0.6) is 5.75 Å². The fourth-order valence-electron chi connectivity index (χ4n) is 1.31. The van der Waals surface area contributed by atoms with Crippen LogP contribution < -0.4 is 0 Å². The van der Waals surface area contributed by atoms with E-state index in [-0.39, 0.29) is 5.75 Å². The lowest BCUT2D eigenvalue weighted by Gasteiger charge is -2.11. The van der Waals surface area contributed by atoms with Gasteiger partial charge in [-0.05, 0) is 43.5 Å². The SMILES string of the molecule is CC(=N)CC[C@H](O)c1cc(O)cc([76Br])c1. The Morgan fingerprint density at radius 2 is 2.13 bits per heavy atom. The lowest BCUT2D eigenvalue weighted by atomic mass is 10.0. The van der Waals surface area contributed by atoms with Crippen LogP contribution in [0.1, 0.15) is 31.4 Å². The van der Waals surface area contributed by atoms with E-state index in [2.05, 4.69) is 15.9 Å². The summed E-state index contributed by atoms with van der Waals surface area (Å²) >= 11 is 3.25. The number of aliphatic hydroxyl groups excluding tert-OH is 1. The Kier molecular flexibility index (Phi) is 4.29. The number of aliphatic hydroxyl groups is 1. The second-order valence-electron chi connectivity index (χ2n) is 3.58. The molecule has 0 aliphatic carbocycles. The molecule has 3 nitrogen and oxygen atoms in total. The van der Waals surface area contributed by atoms with Gasteiger partial charge in [-0.25, -0.2) is 0 Å². The predicted octanol–water partition coefficient (Wildman–Crippen LogP) is 3.01. The fourth-order valence-corrected chi connectivity index (χ4v) is 1.81. The van der Waals surface area contributed by atoms with Gasteiger partial charge in [0.2, 0.25) is 0 Å². The molecule has 82 valence electrons. The third kappa shape index (κ3) is 4.01. The highest BCUT2D eigenvalue weighted by molar-refractivity contribution is 9.10. The summed E-state index contributed by atoms with van der Waals surface area (Å²) in [6, 6.07) is 4.87. The van der Waals surface area contributed by atoms with Gasteiger partial charge in [-0.3, -0.25) is 0 Å². The number of halogens is 1. The highest BCUT2D eigenvalue weighted by Gasteiger charge is 2.09. The molecule has 1 atom stereocenters. The number of aromatic hydroxyl groups is 1. The van der Waals surface area contributed by atoms with Gasteiger partial charge in [0, 0.05) is 10.2 Å². The van der Waals surface area contributed by atoms with Gasteiger partial charge in [-0.1, -0.05) is 15.9 Å². The van der Waals surface area contributed by atoms with Crippen molar-refractivity contribution in [1.82, 2.24) is 0 Å². The van der Waals surface area contributed by atoms with Gasteiger partial charge in [0.15, 0.2) is 0 Å². The lowest BCUT2D eigenvalue weighted by Crippen LogP contribution is -2.00. The van der Waals surface area contributed by atoms with Crippen LogP contribution in [0.2, 0.25) is 0 Å². The Bertz CT molecular complexity index is 345. The van der Waals surface area contributed by atoms with E-state index >= 15 is 0 Å². The van der Waals surface area contributed by atoms with Crippen LogP contribution >= 0.6 is 15.9 Å². The van der Waals surface area contributed by atoms with Crippen LogP contribution in [-0.2, 0) is 0 Å².